The normalized spacial score (nSPS) is 15.0. The van der Waals surface area contributed by atoms with E-state index in [2.05, 4.69) is 4.99 Å². The predicted molar refractivity (Wildman–Crippen MR) is 151 cm³/mol. The van der Waals surface area contributed by atoms with Gasteiger partial charge in [-0.3, -0.25) is 14.2 Å². The zero-order valence-electron chi connectivity index (χ0n) is 23.3. The molecule has 0 N–H and O–H groups in total. The van der Waals surface area contributed by atoms with Crippen molar-refractivity contribution in [1.29, 1.82) is 0 Å². The molecule has 210 valence electrons. The number of aromatic nitrogens is 1. The molecule has 0 bridgehead atoms. The molecule has 1 aromatic heterocycles. The summed E-state index contributed by atoms with van der Waals surface area (Å²) in [7, 11) is 1.59. The van der Waals surface area contributed by atoms with Crippen molar-refractivity contribution >= 4 is 29.4 Å². The first-order valence-corrected chi connectivity index (χ1v) is 13.7. The molecule has 1 aliphatic rings. The Bertz CT molecular complexity index is 1630. The fraction of sp³-hybridized carbons (Fsp3) is 0.333. The quantitative estimate of drug-likeness (QED) is 0.288. The van der Waals surface area contributed by atoms with Crippen LogP contribution in [0.15, 0.2) is 63.5 Å². The molecular formula is C30H32N2O7S. The maximum atomic E-state index is 13.9. The standard InChI is InChI=1S/C30H32N2O7S/c1-7-37-24-15-21(10-13-23(24)39-19(5)33)27-26(29(35)38-16-17(2)3)18(4)31-30-32(27)28(34)25(40-30)14-20-8-11-22(36-6)12-9-20/h8-15,17,27H,7,16H2,1-6H3/b25-14+/t27-/m0/s1. The Morgan fingerprint density at radius 2 is 1.85 bits per heavy atom. The summed E-state index contributed by atoms with van der Waals surface area (Å²) in [4.78, 5) is 44.0. The van der Waals surface area contributed by atoms with E-state index in [1.54, 1.807) is 38.3 Å². The SMILES string of the molecule is CCOc1cc([C@H]2C(C(=O)OCC(C)C)=C(C)N=c3s/c(=C/c4ccc(OC)cc4)c(=O)n32)ccc1OC(C)=O. The molecular weight excluding hydrogens is 532 g/mol. The molecule has 10 heteroatoms. The average molecular weight is 565 g/mol. The Balaban J connectivity index is 1.91. The molecule has 0 aliphatic carbocycles. The fourth-order valence-electron chi connectivity index (χ4n) is 4.27. The van der Waals surface area contributed by atoms with Gasteiger partial charge in [0.15, 0.2) is 16.3 Å². The van der Waals surface area contributed by atoms with Gasteiger partial charge in [0.2, 0.25) is 0 Å². The van der Waals surface area contributed by atoms with Crippen LogP contribution in [0.1, 0.15) is 51.8 Å². The molecule has 0 fully saturated rings. The van der Waals surface area contributed by atoms with E-state index in [1.807, 2.05) is 45.0 Å². The van der Waals surface area contributed by atoms with Crippen LogP contribution in [0.5, 0.6) is 17.2 Å². The maximum Gasteiger partial charge on any atom is 0.338 e. The number of nitrogens with zero attached hydrogens (tertiary/aromatic N) is 2. The van der Waals surface area contributed by atoms with Crippen LogP contribution in [-0.2, 0) is 14.3 Å². The van der Waals surface area contributed by atoms with E-state index < -0.39 is 18.0 Å². The molecule has 0 spiro atoms. The van der Waals surface area contributed by atoms with E-state index in [1.165, 1.54) is 22.8 Å². The highest BCUT2D eigenvalue weighted by Crippen LogP contribution is 2.36. The summed E-state index contributed by atoms with van der Waals surface area (Å²) in [5.41, 5.74) is 1.82. The molecule has 0 unspecified atom stereocenters. The Morgan fingerprint density at radius 3 is 2.48 bits per heavy atom. The lowest BCUT2D eigenvalue weighted by molar-refractivity contribution is -0.140. The summed E-state index contributed by atoms with van der Waals surface area (Å²) in [5, 5.41) is 0. The average Bonchev–Trinajstić information content (AvgIpc) is 3.21. The van der Waals surface area contributed by atoms with Crippen molar-refractivity contribution in [3.8, 4) is 17.2 Å². The highest BCUT2D eigenvalue weighted by Gasteiger charge is 2.34. The van der Waals surface area contributed by atoms with Crippen molar-refractivity contribution in [2.75, 3.05) is 20.3 Å². The van der Waals surface area contributed by atoms with Crippen LogP contribution < -0.4 is 29.1 Å². The number of carbonyl (C=O) groups is 2. The Kier molecular flexibility index (Phi) is 8.89. The van der Waals surface area contributed by atoms with Crippen LogP contribution in [0.4, 0.5) is 0 Å². The smallest absolute Gasteiger partial charge is 0.338 e. The van der Waals surface area contributed by atoms with Crippen molar-refractivity contribution in [3.05, 3.63) is 84.5 Å². The summed E-state index contributed by atoms with van der Waals surface area (Å²) >= 11 is 1.24. The van der Waals surface area contributed by atoms with Crippen molar-refractivity contribution < 1.29 is 28.5 Å². The predicted octanol–water partition coefficient (Wildman–Crippen LogP) is 3.77. The lowest BCUT2D eigenvalue weighted by Crippen LogP contribution is -2.40. The number of ether oxygens (including phenoxy) is 4. The minimum absolute atomic E-state index is 0.126. The van der Waals surface area contributed by atoms with E-state index in [0.717, 1.165) is 5.56 Å². The van der Waals surface area contributed by atoms with E-state index in [9.17, 15) is 14.4 Å². The maximum absolute atomic E-state index is 13.9. The number of thiazole rings is 1. The third-order valence-electron chi connectivity index (χ3n) is 6.04. The molecule has 3 aromatic rings. The number of fused-ring (bicyclic) bond motifs is 1. The Morgan fingerprint density at radius 1 is 1.12 bits per heavy atom. The molecule has 0 saturated heterocycles. The van der Waals surface area contributed by atoms with Crippen molar-refractivity contribution in [1.82, 2.24) is 4.57 Å². The summed E-state index contributed by atoms with van der Waals surface area (Å²) in [6, 6.07) is 11.5. The zero-order valence-corrected chi connectivity index (χ0v) is 24.2. The van der Waals surface area contributed by atoms with Crippen LogP contribution >= 0.6 is 11.3 Å². The van der Waals surface area contributed by atoms with Gasteiger partial charge in [0.25, 0.3) is 5.56 Å². The van der Waals surface area contributed by atoms with Gasteiger partial charge in [-0.15, -0.1) is 0 Å². The number of methoxy groups -OCH3 is 1. The minimum atomic E-state index is -0.834. The van der Waals surface area contributed by atoms with Gasteiger partial charge in [0, 0.05) is 6.92 Å². The highest BCUT2D eigenvalue weighted by atomic mass is 32.1. The van der Waals surface area contributed by atoms with E-state index in [0.29, 0.717) is 38.7 Å². The molecule has 9 nitrogen and oxygen atoms in total. The summed E-state index contributed by atoms with van der Waals surface area (Å²) < 4.78 is 23.9. The molecule has 1 aliphatic heterocycles. The van der Waals surface area contributed by atoms with Crippen LogP contribution in [0, 0.1) is 5.92 Å². The number of hydrogen-bond acceptors (Lipinski definition) is 9. The topological polar surface area (TPSA) is 105 Å². The van der Waals surface area contributed by atoms with Crippen LogP contribution in [0.2, 0.25) is 0 Å². The van der Waals surface area contributed by atoms with Crippen LogP contribution in [-0.4, -0.2) is 36.8 Å². The van der Waals surface area contributed by atoms with Gasteiger partial charge in [-0.2, -0.15) is 0 Å². The van der Waals surface area contributed by atoms with Crippen LogP contribution in [0.3, 0.4) is 0 Å². The van der Waals surface area contributed by atoms with Gasteiger partial charge in [0.05, 0.1) is 42.2 Å². The number of rotatable bonds is 9. The minimum Gasteiger partial charge on any atom is -0.497 e. The summed E-state index contributed by atoms with van der Waals surface area (Å²) in [6.07, 6.45) is 1.78. The second kappa shape index (κ2) is 12.3. The second-order valence-electron chi connectivity index (χ2n) is 9.58. The van der Waals surface area contributed by atoms with Gasteiger partial charge >= 0.3 is 11.9 Å². The van der Waals surface area contributed by atoms with Gasteiger partial charge < -0.3 is 18.9 Å². The van der Waals surface area contributed by atoms with Gasteiger partial charge in [-0.05, 0) is 61.2 Å². The molecule has 1 atom stereocenters. The first-order chi connectivity index (χ1) is 19.1. The van der Waals surface area contributed by atoms with Gasteiger partial charge in [-0.25, -0.2) is 9.79 Å². The molecule has 4 rings (SSSR count). The molecule has 0 radical (unpaired) electrons. The van der Waals surface area contributed by atoms with Crippen molar-refractivity contribution in [2.24, 2.45) is 10.9 Å². The molecule has 2 aromatic carbocycles. The first kappa shape index (κ1) is 28.8. The largest absolute Gasteiger partial charge is 0.497 e. The third kappa shape index (κ3) is 6.17. The van der Waals surface area contributed by atoms with E-state index in [-0.39, 0.29) is 29.4 Å². The van der Waals surface area contributed by atoms with Crippen molar-refractivity contribution in [3.63, 3.8) is 0 Å². The Labute approximate surface area is 236 Å². The lowest BCUT2D eigenvalue weighted by atomic mass is 9.95. The van der Waals surface area contributed by atoms with E-state index in [4.69, 9.17) is 18.9 Å². The molecule has 2 heterocycles. The third-order valence-corrected chi connectivity index (χ3v) is 7.02. The highest BCUT2D eigenvalue weighted by molar-refractivity contribution is 7.07. The number of allylic oxidation sites excluding steroid dienone is 1. The Hall–Kier alpha value is -4.18. The van der Waals surface area contributed by atoms with Gasteiger partial charge in [-0.1, -0.05) is 43.4 Å². The first-order valence-electron chi connectivity index (χ1n) is 12.9. The van der Waals surface area contributed by atoms with Gasteiger partial charge in [0.1, 0.15) is 5.75 Å². The molecule has 0 amide bonds. The second-order valence-corrected chi connectivity index (χ2v) is 10.6. The number of benzene rings is 2. The fourth-order valence-corrected chi connectivity index (χ4v) is 5.32. The number of esters is 2. The van der Waals surface area contributed by atoms with Crippen LogP contribution in [0.25, 0.3) is 6.08 Å². The summed E-state index contributed by atoms with van der Waals surface area (Å²) in [5.74, 6) is 0.359. The zero-order chi connectivity index (χ0) is 29.0. The number of hydrogen-bond donors (Lipinski definition) is 0. The molecule has 40 heavy (non-hydrogen) atoms. The van der Waals surface area contributed by atoms with E-state index >= 15 is 0 Å². The monoisotopic (exact) mass is 564 g/mol. The molecule has 0 saturated carbocycles. The lowest BCUT2D eigenvalue weighted by Gasteiger charge is -2.25. The van der Waals surface area contributed by atoms with Crippen molar-refractivity contribution in [2.45, 2.75) is 40.7 Å². The summed E-state index contributed by atoms with van der Waals surface area (Å²) in [6.45, 7) is 9.28. The number of carbonyl (C=O) groups excluding carboxylic acids is 2.